The van der Waals surface area contributed by atoms with E-state index in [1.165, 1.54) is 0 Å². The average molecular weight is 210 g/mol. The molecule has 0 unspecified atom stereocenters. The second kappa shape index (κ2) is 3.59. The van der Waals surface area contributed by atoms with Gasteiger partial charge in [-0.25, -0.2) is 4.98 Å². The first-order chi connectivity index (χ1) is 6.72. The molecular weight excluding hydrogens is 198 g/mol. The largest absolute Gasteiger partial charge is 0.330 e. The minimum absolute atomic E-state index is 0.612. The van der Waals surface area contributed by atoms with Crippen LogP contribution in [0.2, 0.25) is 5.02 Å². The van der Waals surface area contributed by atoms with Crippen LogP contribution in [0.15, 0.2) is 18.3 Å². The van der Waals surface area contributed by atoms with E-state index in [1.807, 2.05) is 29.7 Å². The fourth-order valence-electron chi connectivity index (χ4n) is 1.59. The number of aromatic nitrogens is 2. The van der Waals surface area contributed by atoms with Crippen LogP contribution in [0.3, 0.4) is 0 Å². The first kappa shape index (κ1) is 9.49. The molecule has 2 heterocycles. The Morgan fingerprint density at radius 3 is 3.07 bits per heavy atom. The lowest BCUT2D eigenvalue weighted by molar-refractivity contribution is 0.860. The normalized spacial score (nSPS) is 11.1. The van der Waals surface area contributed by atoms with E-state index in [1.54, 1.807) is 0 Å². The minimum Gasteiger partial charge on any atom is -0.330 e. The number of fused-ring (bicyclic) bond motifs is 1. The van der Waals surface area contributed by atoms with Gasteiger partial charge in [-0.2, -0.15) is 0 Å². The van der Waals surface area contributed by atoms with Gasteiger partial charge in [-0.3, -0.25) is 0 Å². The maximum atomic E-state index is 5.91. The molecule has 0 aliphatic heterocycles. The van der Waals surface area contributed by atoms with Crippen molar-refractivity contribution in [2.45, 2.75) is 13.3 Å². The highest BCUT2D eigenvalue weighted by Crippen LogP contribution is 2.17. The number of rotatable bonds is 2. The minimum atomic E-state index is 0.612. The Morgan fingerprint density at radius 1 is 1.57 bits per heavy atom. The number of nitrogens with zero attached hydrogens (tertiary/aromatic N) is 2. The molecule has 2 rings (SSSR count). The van der Waals surface area contributed by atoms with E-state index in [2.05, 4.69) is 4.98 Å². The Balaban J connectivity index is 2.65. The highest BCUT2D eigenvalue weighted by Gasteiger charge is 2.06. The Bertz CT molecular complexity index is 462. The molecule has 74 valence electrons. The van der Waals surface area contributed by atoms with Crippen LogP contribution in [0.1, 0.15) is 11.5 Å². The van der Waals surface area contributed by atoms with Gasteiger partial charge in [0, 0.05) is 17.6 Å². The average Bonchev–Trinajstić information content (AvgIpc) is 2.44. The molecule has 2 aromatic rings. The molecule has 2 aromatic heterocycles. The maximum Gasteiger partial charge on any atom is 0.114 e. The van der Waals surface area contributed by atoms with E-state index in [0.29, 0.717) is 6.54 Å². The number of pyridine rings is 1. The van der Waals surface area contributed by atoms with Gasteiger partial charge in [0.2, 0.25) is 0 Å². The number of nitrogens with two attached hydrogens (primary N) is 1. The fraction of sp³-hybridized carbons (Fsp3) is 0.300. The van der Waals surface area contributed by atoms with Gasteiger partial charge in [-0.15, -0.1) is 0 Å². The summed E-state index contributed by atoms with van der Waals surface area (Å²) in [6.45, 7) is 2.59. The van der Waals surface area contributed by atoms with Crippen molar-refractivity contribution in [3.05, 3.63) is 34.9 Å². The zero-order chi connectivity index (χ0) is 10.1. The van der Waals surface area contributed by atoms with E-state index in [-0.39, 0.29) is 0 Å². The van der Waals surface area contributed by atoms with Crippen LogP contribution in [-0.2, 0) is 6.42 Å². The number of imidazole rings is 1. The topological polar surface area (TPSA) is 43.3 Å². The number of hydrogen-bond donors (Lipinski definition) is 1. The molecule has 14 heavy (non-hydrogen) atoms. The summed E-state index contributed by atoms with van der Waals surface area (Å²) in [5, 5.41) is 0.736. The SMILES string of the molecule is Cc1nc(CCN)n2ccc(Cl)cc12. The molecule has 0 spiro atoms. The Labute approximate surface area is 87.5 Å². The van der Waals surface area contributed by atoms with Crippen LogP contribution in [0.25, 0.3) is 5.52 Å². The monoisotopic (exact) mass is 209 g/mol. The zero-order valence-corrected chi connectivity index (χ0v) is 8.75. The second-order valence-corrected chi connectivity index (χ2v) is 3.69. The smallest absolute Gasteiger partial charge is 0.114 e. The van der Waals surface area contributed by atoms with Crippen molar-refractivity contribution in [3.63, 3.8) is 0 Å². The van der Waals surface area contributed by atoms with Gasteiger partial charge < -0.3 is 10.1 Å². The van der Waals surface area contributed by atoms with Gasteiger partial charge in [-0.1, -0.05) is 11.6 Å². The summed E-state index contributed by atoms with van der Waals surface area (Å²) >= 11 is 5.91. The van der Waals surface area contributed by atoms with Crippen molar-refractivity contribution in [2.75, 3.05) is 6.54 Å². The number of aryl methyl sites for hydroxylation is 1. The predicted octanol–water partition coefficient (Wildman–Crippen LogP) is 1.80. The Kier molecular flexibility index (Phi) is 2.44. The van der Waals surface area contributed by atoms with Gasteiger partial charge >= 0.3 is 0 Å². The first-order valence-electron chi connectivity index (χ1n) is 4.55. The molecule has 0 aliphatic carbocycles. The molecule has 0 radical (unpaired) electrons. The zero-order valence-electron chi connectivity index (χ0n) is 8.00. The van der Waals surface area contributed by atoms with Crippen molar-refractivity contribution in [1.29, 1.82) is 0 Å². The van der Waals surface area contributed by atoms with Crippen LogP contribution in [0.5, 0.6) is 0 Å². The Hall–Kier alpha value is -1.06. The standard InChI is InChI=1S/C10H12ClN3/c1-7-9-6-8(11)3-5-14(9)10(13-7)2-4-12/h3,5-6H,2,4,12H2,1H3. The van der Waals surface area contributed by atoms with E-state index in [9.17, 15) is 0 Å². The third-order valence-corrected chi connectivity index (χ3v) is 2.47. The summed E-state index contributed by atoms with van der Waals surface area (Å²) in [7, 11) is 0. The molecular formula is C10H12ClN3. The van der Waals surface area contributed by atoms with Gasteiger partial charge in [0.1, 0.15) is 5.82 Å². The summed E-state index contributed by atoms with van der Waals surface area (Å²) in [6.07, 6.45) is 2.72. The molecule has 2 N–H and O–H groups in total. The Morgan fingerprint density at radius 2 is 2.36 bits per heavy atom. The van der Waals surface area contributed by atoms with Crippen LogP contribution in [0.4, 0.5) is 0 Å². The molecule has 0 atom stereocenters. The van der Waals surface area contributed by atoms with Gasteiger partial charge in [0.25, 0.3) is 0 Å². The molecule has 4 heteroatoms. The fourth-order valence-corrected chi connectivity index (χ4v) is 1.75. The second-order valence-electron chi connectivity index (χ2n) is 3.25. The van der Waals surface area contributed by atoms with Crippen LogP contribution in [0, 0.1) is 6.92 Å². The van der Waals surface area contributed by atoms with Gasteiger partial charge in [0.15, 0.2) is 0 Å². The lowest BCUT2D eigenvalue weighted by Crippen LogP contribution is -2.06. The van der Waals surface area contributed by atoms with Crippen molar-refractivity contribution < 1.29 is 0 Å². The molecule has 0 saturated carbocycles. The molecule has 0 saturated heterocycles. The molecule has 0 amide bonds. The number of halogens is 1. The van der Waals surface area contributed by atoms with Crippen LogP contribution in [-0.4, -0.2) is 15.9 Å². The predicted molar refractivity (Wildman–Crippen MR) is 57.7 cm³/mol. The highest BCUT2D eigenvalue weighted by molar-refractivity contribution is 6.30. The quantitative estimate of drug-likeness (QED) is 0.820. The molecule has 0 aliphatic rings. The van der Waals surface area contributed by atoms with Crippen LogP contribution < -0.4 is 5.73 Å². The lowest BCUT2D eigenvalue weighted by atomic mass is 10.3. The first-order valence-corrected chi connectivity index (χ1v) is 4.93. The molecule has 0 fully saturated rings. The van der Waals surface area contributed by atoms with Crippen molar-refractivity contribution in [3.8, 4) is 0 Å². The van der Waals surface area contributed by atoms with E-state index in [4.69, 9.17) is 17.3 Å². The third kappa shape index (κ3) is 1.49. The van der Waals surface area contributed by atoms with Crippen molar-refractivity contribution in [1.82, 2.24) is 9.38 Å². The summed E-state index contributed by atoms with van der Waals surface area (Å²) < 4.78 is 2.04. The highest BCUT2D eigenvalue weighted by atomic mass is 35.5. The summed E-state index contributed by atoms with van der Waals surface area (Å²) in [4.78, 5) is 4.44. The summed E-state index contributed by atoms with van der Waals surface area (Å²) in [6, 6.07) is 3.78. The van der Waals surface area contributed by atoms with E-state index < -0.39 is 0 Å². The van der Waals surface area contributed by atoms with Crippen LogP contribution >= 0.6 is 11.6 Å². The summed E-state index contributed by atoms with van der Waals surface area (Å²) in [5.41, 5.74) is 7.56. The van der Waals surface area contributed by atoms with Crippen molar-refractivity contribution in [2.24, 2.45) is 5.73 Å². The maximum absolute atomic E-state index is 5.91. The summed E-state index contributed by atoms with van der Waals surface area (Å²) in [5.74, 6) is 0.997. The molecule has 0 bridgehead atoms. The lowest BCUT2D eigenvalue weighted by Gasteiger charge is -1.99. The van der Waals surface area contributed by atoms with Gasteiger partial charge in [0.05, 0.1) is 11.2 Å². The van der Waals surface area contributed by atoms with E-state index >= 15 is 0 Å². The third-order valence-electron chi connectivity index (χ3n) is 2.23. The van der Waals surface area contributed by atoms with E-state index in [0.717, 1.165) is 28.5 Å². The molecule has 0 aromatic carbocycles. The molecule has 3 nitrogen and oxygen atoms in total. The van der Waals surface area contributed by atoms with Gasteiger partial charge in [-0.05, 0) is 25.6 Å². The van der Waals surface area contributed by atoms with Crippen molar-refractivity contribution >= 4 is 17.1 Å². The number of hydrogen-bond acceptors (Lipinski definition) is 2.